The highest BCUT2D eigenvalue weighted by molar-refractivity contribution is 7.92. The van der Waals surface area contributed by atoms with E-state index in [1.54, 1.807) is 31.2 Å². The van der Waals surface area contributed by atoms with Crippen LogP contribution in [0.1, 0.15) is 18.5 Å². The Labute approximate surface area is 191 Å². The van der Waals surface area contributed by atoms with Crippen LogP contribution in [0.5, 0.6) is 5.75 Å². The van der Waals surface area contributed by atoms with Crippen molar-refractivity contribution in [3.8, 4) is 5.75 Å². The molecule has 168 valence electrons. The summed E-state index contributed by atoms with van der Waals surface area (Å²) in [5.74, 6) is -0.395. The first-order chi connectivity index (χ1) is 15.2. The van der Waals surface area contributed by atoms with Gasteiger partial charge in [0.15, 0.2) is 0 Å². The quantitative estimate of drug-likeness (QED) is 0.517. The van der Waals surface area contributed by atoms with Crippen molar-refractivity contribution < 1.29 is 22.3 Å². The zero-order chi connectivity index (χ0) is 23.3. The molecule has 0 heterocycles. The second-order valence-electron chi connectivity index (χ2n) is 7.00. The summed E-state index contributed by atoms with van der Waals surface area (Å²) in [5.41, 5.74) is 0.977. The number of hydrogen-bond acceptors (Lipinski definition) is 4. The molecule has 6 nitrogen and oxygen atoms in total. The monoisotopic (exact) mass is 476 g/mol. The fraction of sp³-hybridized carbons (Fsp3) is 0.174. The number of carbonyl (C=O) groups excluding carboxylic acids is 1. The van der Waals surface area contributed by atoms with Crippen molar-refractivity contribution in [3.63, 3.8) is 0 Å². The largest absolute Gasteiger partial charge is 0.497 e. The summed E-state index contributed by atoms with van der Waals surface area (Å²) in [4.78, 5) is 12.8. The zero-order valence-electron chi connectivity index (χ0n) is 17.5. The first-order valence-electron chi connectivity index (χ1n) is 9.68. The molecule has 0 fully saturated rings. The van der Waals surface area contributed by atoms with Gasteiger partial charge in [0, 0.05) is 5.02 Å². The van der Waals surface area contributed by atoms with E-state index < -0.39 is 28.5 Å². The molecule has 0 aliphatic heterocycles. The van der Waals surface area contributed by atoms with Crippen LogP contribution in [0.2, 0.25) is 5.02 Å². The SMILES string of the molecule is COc1ccc(S(=O)(=O)N(CC(=O)NC(C)c2ccc(F)cc2)c2ccc(Cl)cc2)cc1. The minimum atomic E-state index is -4.07. The van der Waals surface area contributed by atoms with Gasteiger partial charge in [0.2, 0.25) is 5.91 Å². The molecular weight excluding hydrogens is 455 g/mol. The Kier molecular flexibility index (Phi) is 7.37. The van der Waals surface area contributed by atoms with E-state index in [1.165, 1.54) is 55.6 Å². The molecule has 3 aromatic carbocycles. The second-order valence-corrected chi connectivity index (χ2v) is 9.30. The number of anilines is 1. The van der Waals surface area contributed by atoms with E-state index in [4.69, 9.17) is 16.3 Å². The molecule has 32 heavy (non-hydrogen) atoms. The van der Waals surface area contributed by atoms with Crippen LogP contribution in [0, 0.1) is 5.82 Å². The standard InChI is InChI=1S/C23H22ClFN2O4S/c1-16(17-3-7-19(25)8-4-17)26-23(28)15-27(20-9-5-18(24)6-10-20)32(29,30)22-13-11-21(31-2)12-14-22/h3-14,16H,15H2,1-2H3,(H,26,28). The van der Waals surface area contributed by atoms with Gasteiger partial charge in [-0.15, -0.1) is 0 Å². The number of benzene rings is 3. The summed E-state index contributed by atoms with van der Waals surface area (Å²) in [7, 11) is -2.59. The van der Waals surface area contributed by atoms with Crippen molar-refractivity contribution >= 4 is 33.2 Å². The molecule has 0 spiro atoms. The fourth-order valence-electron chi connectivity index (χ4n) is 3.05. The molecule has 0 saturated carbocycles. The molecule has 9 heteroatoms. The molecule has 1 amide bonds. The number of halogens is 2. The predicted octanol–water partition coefficient (Wildman–Crippen LogP) is 4.56. The van der Waals surface area contributed by atoms with Crippen molar-refractivity contribution in [1.29, 1.82) is 0 Å². The molecule has 1 atom stereocenters. The van der Waals surface area contributed by atoms with Crippen LogP contribution >= 0.6 is 11.6 Å². The van der Waals surface area contributed by atoms with Crippen molar-refractivity contribution in [2.24, 2.45) is 0 Å². The van der Waals surface area contributed by atoms with Crippen LogP contribution in [0.25, 0.3) is 0 Å². The van der Waals surface area contributed by atoms with Gasteiger partial charge in [-0.25, -0.2) is 12.8 Å². The van der Waals surface area contributed by atoms with Crippen LogP contribution in [-0.4, -0.2) is 28.0 Å². The van der Waals surface area contributed by atoms with Crippen molar-refractivity contribution in [2.75, 3.05) is 18.0 Å². The summed E-state index contributed by atoms with van der Waals surface area (Å²) in [6, 6.07) is 17.3. The van der Waals surface area contributed by atoms with E-state index in [-0.39, 0.29) is 16.4 Å². The van der Waals surface area contributed by atoms with Crippen molar-refractivity contribution in [1.82, 2.24) is 5.32 Å². The first kappa shape index (κ1) is 23.6. The number of sulfonamides is 1. The van der Waals surface area contributed by atoms with Gasteiger partial charge in [-0.1, -0.05) is 23.7 Å². The average molecular weight is 477 g/mol. The lowest BCUT2D eigenvalue weighted by molar-refractivity contribution is -0.120. The number of nitrogens with one attached hydrogen (secondary N) is 1. The number of rotatable bonds is 8. The Morgan fingerprint density at radius 1 is 1.03 bits per heavy atom. The summed E-state index contributed by atoms with van der Waals surface area (Å²) < 4.78 is 46.0. The Morgan fingerprint density at radius 2 is 1.62 bits per heavy atom. The summed E-state index contributed by atoms with van der Waals surface area (Å²) >= 11 is 5.95. The Balaban J connectivity index is 1.87. The van der Waals surface area contributed by atoms with E-state index in [9.17, 15) is 17.6 Å². The highest BCUT2D eigenvalue weighted by Gasteiger charge is 2.28. The van der Waals surface area contributed by atoms with E-state index >= 15 is 0 Å². The summed E-state index contributed by atoms with van der Waals surface area (Å²) in [6.07, 6.45) is 0. The molecule has 0 aromatic heterocycles. The van der Waals surface area contributed by atoms with E-state index in [2.05, 4.69) is 5.32 Å². The van der Waals surface area contributed by atoms with Crippen LogP contribution in [-0.2, 0) is 14.8 Å². The van der Waals surface area contributed by atoms with Gasteiger partial charge in [-0.2, -0.15) is 0 Å². The third kappa shape index (κ3) is 5.57. The van der Waals surface area contributed by atoms with Crippen LogP contribution in [0.15, 0.2) is 77.7 Å². The topological polar surface area (TPSA) is 75.7 Å². The third-order valence-electron chi connectivity index (χ3n) is 4.80. The minimum Gasteiger partial charge on any atom is -0.497 e. The minimum absolute atomic E-state index is 0.00707. The number of ether oxygens (including phenoxy) is 1. The molecule has 3 rings (SSSR count). The maximum atomic E-state index is 13.4. The average Bonchev–Trinajstić information content (AvgIpc) is 2.78. The number of methoxy groups -OCH3 is 1. The molecule has 0 aliphatic rings. The lowest BCUT2D eigenvalue weighted by Gasteiger charge is -2.25. The van der Waals surface area contributed by atoms with E-state index in [0.717, 1.165) is 4.31 Å². The molecule has 1 N–H and O–H groups in total. The van der Waals surface area contributed by atoms with Crippen LogP contribution < -0.4 is 14.4 Å². The second kappa shape index (κ2) is 10.0. The normalized spacial score (nSPS) is 12.1. The van der Waals surface area contributed by atoms with Gasteiger partial charge < -0.3 is 10.1 Å². The molecule has 3 aromatic rings. The molecule has 1 unspecified atom stereocenters. The van der Waals surface area contributed by atoms with Gasteiger partial charge in [-0.3, -0.25) is 9.10 Å². The van der Waals surface area contributed by atoms with E-state index in [1.807, 2.05) is 0 Å². The molecule has 0 bridgehead atoms. The summed E-state index contributed by atoms with van der Waals surface area (Å²) in [5, 5.41) is 3.19. The van der Waals surface area contributed by atoms with Gasteiger partial charge in [-0.05, 0) is 73.2 Å². The first-order valence-corrected chi connectivity index (χ1v) is 11.5. The number of hydrogen-bond donors (Lipinski definition) is 1. The smallest absolute Gasteiger partial charge is 0.264 e. The maximum absolute atomic E-state index is 13.4. The number of nitrogens with zero attached hydrogens (tertiary/aromatic N) is 1. The van der Waals surface area contributed by atoms with Crippen LogP contribution in [0.4, 0.5) is 10.1 Å². The summed E-state index contributed by atoms with van der Waals surface area (Å²) in [6.45, 7) is 1.28. The Bertz CT molecular complexity index is 1170. The Hall–Kier alpha value is -3.10. The number of amides is 1. The molecule has 0 aliphatic carbocycles. The van der Waals surface area contributed by atoms with Crippen molar-refractivity contribution in [2.45, 2.75) is 17.9 Å². The molecule has 0 radical (unpaired) electrons. The highest BCUT2D eigenvalue weighted by Crippen LogP contribution is 2.26. The lowest BCUT2D eigenvalue weighted by atomic mass is 10.1. The van der Waals surface area contributed by atoms with Crippen molar-refractivity contribution in [3.05, 3.63) is 89.2 Å². The molecule has 0 saturated heterocycles. The predicted molar refractivity (Wildman–Crippen MR) is 122 cm³/mol. The Morgan fingerprint density at radius 3 is 2.19 bits per heavy atom. The van der Waals surface area contributed by atoms with Gasteiger partial charge >= 0.3 is 0 Å². The lowest BCUT2D eigenvalue weighted by Crippen LogP contribution is -2.41. The van der Waals surface area contributed by atoms with Gasteiger partial charge in [0.25, 0.3) is 10.0 Å². The zero-order valence-corrected chi connectivity index (χ0v) is 19.0. The van der Waals surface area contributed by atoms with E-state index in [0.29, 0.717) is 16.3 Å². The van der Waals surface area contributed by atoms with Crippen LogP contribution in [0.3, 0.4) is 0 Å². The fourth-order valence-corrected chi connectivity index (χ4v) is 4.60. The highest BCUT2D eigenvalue weighted by atomic mass is 35.5. The molecular formula is C23H22ClFN2O4S. The number of carbonyl (C=O) groups is 1. The van der Waals surface area contributed by atoms with Gasteiger partial charge in [0.05, 0.1) is 23.7 Å². The third-order valence-corrected chi connectivity index (χ3v) is 6.84. The van der Waals surface area contributed by atoms with Gasteiger partial charge in [0.1, 0.15) is 18.1 Å². The maximum Gasteiger partial charge on any atom is 0.264 e.